The first-order valence-electron chi connectivity index (χ1n) is 10.5. The molecule has 2 aliphatic rings. The van der Waals surface area contributed by atoms with Crippen molar-refractivity contribution >= 4 is 0 Å². The van der Waals surface area contributed by atoms with E-state index in [9.17, 15) is 8.78 Å². The van der Waals surface area contributed by atoms with Gasteiger partial charge in [-0.3, -0.25) is 0 Å². The molecule has 0 heterocycles. The molecule has 0 atom stereocenters. The third-order valence-electron chi connectivity index (χ3n) is 6.39. The minimum absolute atomic E-state index is 0.0965. The Kier molecular flexibility index (Phi) is 6.89. The third-order valence-corrected chi connectivity index (χ3v) is 6.39. The van der Waals surface area contributed by atoms with Crippen LogP contribution >= 0.6 is 0 Å². The van der Waals surface area contributed by atoms with Gasteiger partial charge in [0.2, 0.25) is 0 Å². The van der Waals surface area contributed by atoms with E-state index in [0.717, 1.165) is 62.8 Å². The molecule has 3 heteroatoms. The van der Waals surface area contributed by atoms with Gasteiger partial charge in [0.05, 0.1) is 11.6 Å². The average molecular weight is 369 g/mol. The summed E-state index contributed by atoms with van der Waals surface area (Å²) in [6.45, 7) is 2.21. The summed E-state index contributed by atoms with van der Waals surface area (Å²) in [4.78, 5) is 0. The average Bonchev–Trinajstić information content (AvgIpc) is 2.68. The van der Waals surface area contributed by atoms with Crippen LogP contribution in [-0.4, -0.2) is 0 Å². The van der Waals surface area contributed by atoms with Crippen molar-refractivity contribution in [2.24, 2.45) is 17.8 Å². The van der Waals surface area contributed by atoms with E-state index in [1.165, 1.54) is 25.0 Å². The standard InChI is InChI=1S/C24H29F2N/c1-2-3-17-8-11-20(12-9-17)21-14-23(25)22(24(26)15-21)13-10-18-4-6-19(16-27)7-5-18/h14-15,17-20H,2-9,11-12H2,1H3/t17-,18-,19-,20-. The summed E-state index contributed by atoms with van der Waals surface area (Å²) in [6, 6.07) is 5.30. The minimum atomic E-state index is -0.529. The normalized spacial score (nSPS) is 28.1. The lowest BCUT2D eigenvalue weighted by Crippen LogP contribution is -2.14. The van der Waals surface area contributed by atoms with E-state index < -0.39 is 11.6 Å². The lowest BCUT2D eigenvalue weighted by atomic mass is 9.77. The summed E-state index contributed by atoms with van der Waals surface area (Å²) < 4.78 is 29.1. The fourth-order valence-corrected chi connectivity index (χ4v) is 4.68. The molecule has 2 aliphatic carbocycles. The van der Waals surface area contributed by atoms with Gasteiger partial charge >= 0.3 is 0 Å². The van der Waals surface area contributed by atoms with E-state index in [4.69, 9.17) is 5.26 Å². The number of halogens is 2. The maximum Gasteiger partial charge on any atom is 0.142 e. The lowest BCUT2D eigenvalue weighted by molar-refractivity contribution is 0.307. The Morgan fingerprint density at radius 3 is 2.07 bits per heavy atom. The molecule has 1 nitrogen and oxygen atoms in total. The molecule has 2 saturated carbocycles. The van der Waals surface area contributed by atoms with Gasteiger partial charge in [-0.15, -0.1) is 0 Å². The Labute approximate surface area is 162 Å². The van der Waals surface area contributed by atoms with E-state index in [0.29, 0.717) is 0 Å². The van der Waals surface area contributed by atoms with Crippen LogP contribution in [0.4, 0.5) is 8.78 Å². The monoisotopic (exact) mass is 369 g/mol. The van der Waals surface area contributed by atoms with Crippen molar-refractivity contribution in [2.45, 2.75) is 77.0 Å². The first-order chi connectivity index (χ1) is 13.1. The highest BCUT2D eigenvalue weighted by atomic mass is 19.1. The van der Waals surface area contributed by atoms with Crippen molar-refractivity contribution in [1.82, 2.24) is 0 Å². The molecular weight excluding hydrogens is 340 g/mol. The molecule has 0 saturated heterocycles. The van der Waals surface area contributed by atoms with Crippen molar-refractivity contribution in [2.75, 3.05) is 0 Å². The van der Waals surface area contributed by atoms with Gasteiger partial charge in [-0.05, 0) is 80.9 Å². The van der Waals surface area contributed by atoms with Crippen LogP contribution in [0.15, 0.2) is 12.1 Å². The van der Waals surface area contributed by atoms with Crippen molar-refractivity contribution in [3.8, 4) is 17.9 Å². The Morgan fingerprint density at radius 2 is 1.52 bits per heavy atom. The van der Waals surface area contributed by atoms with Crippen LogP contribution in [0.25, 0.3) is 0 Å². The highest BCUT2D eigenvalue weighted by Crippen LogP contribution is 2.38. The van der Waals surface area contributed by atoms with Crippen molar-refractivity contribution in [1.29, 1.82) is 5.26 Å². The van der Waals surface area contributed by atoms with Gasteiger partial charge in [-0.25, -0.2) is 8.78 Å². The van der Waals surface area contributed by atoms with Gasteiger partial charge in [0, 0.05) is 11.8 Å². The molecule has 1 aromatic rings. The van der Waals surface area contributed by atoms with Gasteiger partial charge in [0.25, 0.3) is 0 Å². The molecule has 1 aromatic carbocycles. The molecule has 3 rings (SSSR count). The first-order valence-corrected chi connectivity index (χ1v) is 10.5. The third kappa shape index (κ3) is 5.10. The second-order valence-electron chi connectivity index (χ2n) is 8.31. The van der Waals surface area contributed by atoms with Gasteiger partial charge < -0.3 is 0 Å². The van der Waals surface area contributed by atoms with Crippen LogP contribution in [0.5, 0.6) is 0 Å². The lowest BCUT2D eigenvalue weighted by Gasteiger charge is -2.28. The zero-order valence-corrected chi connectivity index (χ0v) is 16.2. The summed E-state index contributed by atoms with van der Waals surface area (Å²) in [7, 11) is 0. The molecule has 2 fully saturated rings. The Balaban J connectivity index is 1.66. The summed E-state index contributed by atoms with van der Waals surface area (Å²) in [5, 5.41) is 8.95. The van der Waals surface area contributed by atoms with Gasteiger partial charge in [0.15, 0.2) is 0 Å². The fraction of sp³-hybridized carbons (Fsp3) is 0.625. The molecule has 0 aliphatic heterocycles. The minimum Gasteiger partial charge on any atom is -0.206 e. The second kappa shape index (κ2) is 9.36. The van der Waals surface area contributed by atoms with Crippen LogP contribution in [0.2, 0.25) is 0 Å². The number of benzene rings is 1. The van der Waals surface area contributed by atoms with E-state index in [2.05, 4.69) is 24.8 Å². The highest BCUT2D eigenvalue weighted by Gasteiger charge is 2.24. The van der Waals surface area contributed by atoms with Gasteiger partial charge in [0.1, 0.15) is 11.6 Å². The Bertz CT molecular complexity index is 713. The van der Waals surface area contributed by atoms with Crippen LogP contribution in [0, 0.1) is 52.6 Å². The number of hydrogen-bond acceptors (Lipinski definition) is 1. The first kappa shape index (κ1) is 19.9. The van der Waals surface area contributed by atoms with E-state index in [1.807, 2.05) is 0 Å². The molecule has 0 spiro atoms. The zero-order chi connectivity index (χ0) is 19.2. The highest BCUT2D eigenvalue weighted by molar-refractivity contribution is 5.40. The predicted octanol–water partition coefficient (Wildman–Crippen LogP) is 6.72. The van der Waals surface area contributed by atoms with Gasteiger partial charge in [-0.1, -0.05) is 31.6 Å². The van der Waals surface area contributed by atoms with Crippen LogP contribution in [-0.2, 0) is 0 Å². The van der Waals surface area contributed by atoms with Crippen LogP contribution in [0.3, 0.4) is 0 Å². The molecule has 0 bridgehead atoms. The maximum atomic E-state index is 14.5. The SMILES string of the molecule is CCC[C@H]1CC[C@H](c2cc(F)c(C#C[C@H]3CC[C@H](C#N)CC3)c(F)c2)CC1. The number of hydrogen-bond donors (Lipinski definition) is 0. The smallest absolute Gasteiger partial charge is 0.142 e. The number of nitrogens with zero attached hydrogens (tertiary/aromatic N) is 1. The molecule has 144 valence electrons. The molecule has 0 amide bonds. The van der Waals surface area contributed by atoms with E-state index in [-0.39, 0.29) is 23.3 Å². The van der Waals surface area contributed by atoms with Crippen LogP contribution < -0.4 is 0 Å². The Hall–Kier alpha value is -1.87. The van der Waals surface area contributed by atoms with Crippen molar-refractivity contribution < 1.29 is 8.78 Å². The Morgan fingerprint density at radius 1 is 0.926 bits per heavy atom. The van der Waals surface area contributed by atoms with Gasteiger partial charge in [-0.2, -0.15) is 5.26 Å². The zero-order valence-electron chi connectivity index (χ0n) is 16.2. The predicted molar refractivity (Wildman–Crippen MR) is 104 cm³/mol. The van der Waals surface area contributed by atoms with Crippen LogP contribution in [0.1, 0.15) is 88.2 Å². The quantitative estimate of drug-likeness (QED) is 0.543. The molecule has 0 aromatic heterocycles. The molecule has 0 unspecified atom stereocenters. The number of nitriles is 1. The molecule has 27 heavy (non-hydrogen) atoms. The molecule has 0 N–H and O–H groups in total. The summed E-state index contributed by atoms with van der Waals surface area (Å²) in [6.07, 6.45) is 10.2. The van der Waals surface area contributed by atoms with Crippen molar-refractivity contribution in [3.05, 3.63) is 34.9 Å². The van der Waals surface area contributed by atoms with E-state index >= 15 is 0 Å². The largest absolute Gasteiger partial charge is 0.206 e. The molecular formula is C24H29F2N. The van der Waals surface area contributed by atoms with Crippen molar-refractivity contribution in [3.63, 3.8) is 0 Å². The summed E-state index contributed by atoms with van der Waals surface area (Å²) >= 11 is 0. The summed E-state index contributed by atoms with van der Waals surface area (Å²) in [5.74, 6) is 6.04. The maximum absolute atomic E-state index is 14.5. The van der Waals surface area contributed by atoms with E-state index in [1.54, 1.807) is 0 Å². The fourth-order valence-electron chi connectivity index (χ4n) is 4.68. The topological polar surface area (TPSA) is 23.8 Å². The second-order valence-corrected chi connectivity index (χ2v) is 8.31. The summed E-state index contributed by atoms with van der Waals surface area (Å²) in [5.41, 5.74) is 0.695. The molecule has 0 radical (unpaired) electrons. The number of rotatable bonds is 3.